The number of hydrogen-bond donors (Lipinski definition) is 1. The van der Waals surface area contributed by atoms with Crippen LogP contribution in [0.1, 0.15) is 33.2 Å². The summed E-state index contributed by atoms with van der Waals surface area (Å²) in [7, 11) is 0. The highest BCUT2D eigenvalue weighted by molar-refractivity contribution is 6.25. The molecule has 166 valence electrons. The first kappa shape index (κ1) is 20.9. The van der Waals surface area contributed by atoms with E-state index in [0.29, 0.717) is 29.0 Å². The number of nitrogens with zero attached hydrogens (tertiary/aromatic N) is 2. The number of aromatic nitrogens is 2. The molecule has 1 aromatic heterocycles. The third kappa shape index (κ3) is 3.76. The molecule has 0 unspecified atom stereocenters. The zero-order valence-electron chi connectivity index (χ0n) is 18.0. The van der Waals surface area contributed by atoms with Gasteiger partial charge in [-0.1, -0.05) is 36.4 Å². The molecule has 0 saturated heterocycles. The summed E-state index contributed by atoms with van der Waals surface area (Å²) in [5, 5.41) is 16.2. The van der Waals surface area contributed by atoms with E-state index in [9.17, 15) is 14.7 Å². The number of aliphatic hydroxyl groups excluding tert-OH is 1. The summed E-state index contributed by atoms with van der Waals surface area (Å²) >= 11 is 0. The van der Waals surface area contributed by atoms with Crippen LogP contribution in [0.25, 0.3) is 22.2 Å². The number of aliphatic hydroxyl groups is 1. The fourth-order valence-electron chi connectivity index (χ4n) is 4.12. The molecule has 0 amide bonds. The lowest BCUT2D eigenvalue weighted by atomic mass is 9.87. The zero-order valence-corrected chi connectivity index (χ0v) is 18.0. The maximum atomic E-state index is 13.0. The molecule has 4 aromatic rings. The van der Waals surface area contributed by atoms with Gasteiger partial charge in [-0.2, -0.15) is 5.10 Å². The Hall–Kier alpha value is -3.97. The van der Waals surface area contributed by atoms with Crippen LogP contribution in [0.5, 0.6) is 5.75 Å². The van der Waals surface area contributed by atoms with Crippen molar-refractivity contribution in [1.29, 1.82) is 0 Å². The van der Waals surface area contributed by atoms with Crippen molar-refractivity contribution in [2.75, 3.05) is 13.2 Å². The van der Waals surface area contributed by atoms with Gasteiger partial charge in [-0.05, 0) is 37.3 Å². The van der Waals surface area contributed by atoms with Crippen LogP contribution in [0.4, 0.5) is 0 Å². The van der Waals surface area contributed by atoms with Crippen molar-refractivity contribution in [3.8, 4) is 17.0 Å². The van der Waals surface area contributed by atoms with Gasteiger partial charge >= 0.3 is 5.97 Å². The van der Waals surface area contributed by atoms with Crippen LogP contribution in [-0.4, -0.2) is 46.0 Å². The molecule has 1 heterocycles. The molecule has 5 rings (SSSR count). The molecule has 3 aromatic carbocycles. The molecule has 0 spiro atoms. The average molecular weight is 442 g/mol. The predicted octanol–water partition coefficient (Wildman–Crippen LogP) is 3.86. The van der Waals surface area contributed by atoms with E-state index in [-0.39, 0.29) is 24.9 Å². The Kier molecular flexibility index (Phi) is 5.40. The first-order chi connectivity index (χ1) is 16.1. The predicted molar refractivity (Wildman–Crippen MR) is 123 cm³/mol. The monoisotopic (exact) mass is 442 g/mol. The molecule has 1 atom stereocenters. The normalized spacial score (nSPS) is 13.0. The fourth-order valence-corrected chi connectivity index (χ4v) is 4.12. The molecule has 7 nitrogen and oxygen atoms in total. The lowest BCUT2D eigenvalue weighted by Crippen LogP contribution is -2.24. The van der Waals surface area contributed by atoms with Crippen molar-refractivity contribution in [2.45, 2.75) is 19.6 Å². The van der Waals surface area contributed by atoms with E-state index in [2.05, 4.69) is 0 Å². The highest BCUT2D eigenvalue weighted by Crippen LogP contribution is 2.38. The maximum Gasteiger partial charge on any atom is 0.338 e. The molecule has 33 heavy (non-hydrogen) atoms. The summed E-state index contributed by atoms with van der Waals surface area (Å²) < 4.78 is 12.4. The average Bonchev–Trinajstić information content (AvgIpc) is 3.21. The van der Waals surface area contributed by atoms with Crippen LogP contribution in [0.3, 0.4) is 0 Å². The Balaban J connectivity index is 1.34. The fraction of sp³-hybridized carbons (Fsp3) is 0.192. The van der Waals surface area contributed by atoms with Gasteiger partial charge in [-0.25, -0.2) is 4.79 Å². The first-order valence-electron chi connectivity index (χ1n) is 10.8. The summed E-state index contributed by atoms with van der Waals surface area (Å²) in [4.78, 5) is 24.7. The van der Waals surface area contributed by atoms with Crippen molar-refractivity contribution in [1.82, 2.24) is 9.78 Å². The number of carbonyl (C=O) groups excluding carboxylic acids is 2. The summed E-state index contributed by atoms with van der Waals surface area (Å²) in [5.41, 5.74) is 4.05. The van der Waals surface area contributed by atoms with Crippen LogP contribution in [0.2, 0.25) is 0 Å². The Morgan fingerprint density at radius 1 is 1.00 bits per heavy atom. The Bertz CT molecular complexity index is 1360. The quantitative estimate of drug-likeness (QED) is 0.385. The number of fused-ring (bicyclic) bond motifs is 2. The van der Waals surface area contributed by atoms with Gasteiger partial charge in [0.1, 0.15) is 24.2 Å². The minimum Gasteiger partial charge on any atom is -0.491 e. The van der Waals surface area contributed by atoms with Gasteiger partial charge in [-0.3, -0.25) is 9.48 Å². The molecule has 0 aliphatic heterocycles. The van der Waals surface area contributed by atoms with Crippen molar-refractivity contribution in [3.63, 3.8) is 0 Å². The smallest absolute Gasteiger partial charge is 0.338 e. The van der Waals surface area contributed by atoms with Crippen molar-refractivity contribution < 1.29 is 24.2 Å². The van der Waals surface area contributed by atoms with E-state index in [1.165, 1.54) is 0 Å². The largest absolute Gasteiger partial charge is 0.491 e. The van der Waals surface area contributed by atoms with Crippen LogP contribution in [0, 0.1) is 0 Å². The van der Waals surface area contributed by atoms with Gasteiger partial charge in [0.25, 0.3) is 0 Å². The molecule has 1 N–H and O–H groups in total. The number of ether oxygens (including phenoxy) is 2. The lowest BCUT2D eigenvalue weighted by molar-refractivity contribution is 0.0526. The first-order valence-corrected chi connectivity index (χ1v) is 10.8. The zero-order chi connectivity index (χ0) is 22.9. The van der Waals surface area contributed by atoms with E-state index in [4.69, 9.17) is 14.6 Å². The van der Waals surface area contributed by atoms with E-state index < -0.39 is 6.10 Å². The van der Waals surface area contributed by atoms with Crippen molar-refractivity contribution in [3.05, 3.63) is 83.4 Å². The van der Waals surface area contributed by atoms with E-state index in [1.54, 1.807) is 35.9 Å². The van der Waals surface area contributed by atoms with Crippen LogP contribution < -0.4 is 4.74 Å². The Labute approximate surface area is 190 Å². The number of carbonyl (C=O) groups is 2. The molecular formula is C26H22N2O5. The summed E-state index contributed by atoms with van der Waals surface area (Å²) in [6.45, 7) is 2.32. The number of esters is 1. The van der Waals surface area contributed by atoms with Crippen LogP contribution in [-0.2, 0) is 11.3 Å². The second kappa shape index (κ2) is 8.52. The topological polar surface area (TPSA) is 90.7 Å². The second-order valence-electron chi connectivity index (χ2n) is 7.81. The molecule has 7 heteroatoms. The molecule has 0 saturated carbocycles. The van der Waals surface area contributed by atoms with E-state index >= 15 is 0 Å². The molecule has 0 bridgehead atoms. The molecular weight excluding hydrogens is 420 g/mol. The minimum absolute atomic E-state index is 0.0154. The third-order valence-corrected chi connectivity index (χ3v) is 5.64. The van der Waals surface area contributed by atoms with Crippen LogP contribution >= 0.6 is 0 Å². The van der Waals surface area contributed by atoms with Crippen LogP contribution in [0.15, 0.2) is 66.7 Å². The lowest BCUT2D eigenvalue weighted by Gasteiger charge is -2.14. The standard InChI is InChI=1S/C26H22N2O5/c1-2-32-26(31)16-10-12-18(13-11-16)33-15-17(29)14-28-22-9-5-8-21-23(22)24(27-28)19-6-3-4-7-20(19)25(21)30/h3-13,17,29H,2,14-15H2,1H3/t17-/m1/s1. The second-order valence-corrected chi connectivity index (χ2v) is 7.81. The van der Waals surface area contributed by atoms with Crippen molar-refractivity contribution in [2.24, 2.45) is 0 Å². The van der Waals surface area contributed by atoms with Gasteiger partial charge in [0.15, 0.2) is 5.78 Å². The van der Waals surface area contributed by atoms with Gasteiger partial charge in [-0.15, -0.1) is 0 Å². The van der Waals surface area contributed by atoms with E-state index in [0.717, 1.165) is 22.2 Å². The minimum atomic E-state index is -0.832. The molecule has 0 radical (unpaired) electrons. The third-order valence-electron chi connectivity index (χ3n) is 5.64. The summed E-state index contributed by atoms with van der Waals surface area (Å²) in [5.74, 6) is 0.133. The van der Waals surface area contributed by atoms with Gasteiger partial charge in [0, 0.05) is 22.1 Å². The number of rotatable bonds is 7. The van der Waals surface area contributed by atoms with Gasteiger partial charge in [0.2, 0.25) is 0 Å². The van der Waals surface area contributed by atoms with E-state index in [1.807, 2.05) is 42.5 Å². The highest BCUT2D eigenvalue weighted by atomic mass is 16.5. The summed E-state index contributed by atoms with van der Waals surface area (Å²) in [6, 6.07) is 19.6. The Morgan fingerprint density at radius 2 is 1.73 bits per heavy atom. The van der Waals surface area contributed by atoms with Gasteiger partial charge < -0.3 is 14.6 Å². The van der Waals surface area contributed by atoms with Crippen molar-refractivity contribution >= 4 is 22.7 Å². The highest BCUT2D eigenvalue weighted by Gasteiger charge is 2.28. The number of ketones is 1. The molecule has 1 aliphatic rings. The number of hydrogen-bond acceptors (Lipinski definition) is 6. The molecule has 1 aliphatic carbocycles. The summed E-state index contributed by atoms with van der Waals surface area (Å²) in [6.07, 6.45) is -0.832. The molecule has 0 fully saturated rings. The van der Waals surface area contributed by atoms with Gasteiger partial charge in [0.05, 0.1) is 24.2 Å². The maximum absolute atomic E-state index is 13.0. The number of benzene rings is 3. The SMILES string of the molecule is CCOC(=O)c1ccc(OC[C@H](O)Cn2nc3c4c(cccc42)C(=O)c2ccccc2-3)cc1. The Morgan fingerprint density at radius 3 is 2.48 bits per heavy atom.